The largest absolute Gasteiger partial charge is 0.480 e. The molecule has 0 aliphatic carbocycles. The zero-order valence-electron chi connectivity index (χ0n) is 17.3. The van der Waals surface area contributed by atoms with Gasteiger partial charge in [-0.2, -0.15) is 0 Å². The number of carbonyl (C=O) groups excluding carboxylic acids is 2. The molecule has 0 aliphatic heterocycles. The molecule has 0 saturated heterocycles. The summed E-state index contributed by atoms with van der Waals surface area (Å²) >= 11 is 0. The molecular weight excluding hydrogens is 416 g/mol. The van der Waals surface area contributed by atoms with Crippen LogP contribution in [0.5, 0.6) is 0 Å². The SMILES string of the molecule is O=CNCCNC(=O)CNCCN(CCN(CCNCC(=O)O)CC(=O)O)CC(=O)O. The third-order valence-electron chi connectivity index (χ3n) is 3.90. The third-order valence-corrected chi connectivity index (χ3v) is 3.90. The molecule has 0 fully saturated rings. The maximum atomic E-state index is 11.6. The average molecular weight is 448 g/mol. The molecule has 0 unspecified atom stereocenters. The van der Waals surface area contributed by atoms with Gasteiger partial charge in [-0.05, 0) is 0 Å². The molecule has 14 heteroatoms. The van der Waals surface area contributed by atoms with Crippen LogP contribution < -0.4 is 21.3 Å². The maximum Gasteiger partial charge on any atom is 0.317 e. The summed E-state index contributed by atoms with van der Waals surface area (Å²) in [6, 6.07) is 0. The Balaban J connectivity index is 4.35. The molecule has 14 nitrogen and oxygen atoms in total. The van der Waals surface area contributed by atoms with Crippen molar-refractivity contribution in [2.75, 3.05) is 78.5 Å². The molecule has 0 radical (unpaired) electrons. The van der Waals surface area contributed by atoms with E-state index >= 15 is 0 Å². The van der Waals surface area contributed by atoms with Gasteiger partial charge in [0.25, 0.3) is 0 Å². The minimum Gasteiger partial charge on any atom is -0.480 e. The number of carboxylic acids is 3. The van der Waals surface area contributed by atoms with E-state index in [4.69, 9.17) is 15.3 Å². The third kappa shape index (κ3) is 18.9. The van der Waals surface area contributed by atoms with Crippen LogP contribution in [0.4, 0.5) is 0 Å². The van der Waals surface area contributed by atoms with Crippen LogP contribution in [0.15, 0.2) is 0 Å². The smallest absolute Gasteiger partial charge is 0.317 e. The lowest BCUT2D eigenvalue weighted by Crippen LogP contribution is -2.45. The fraction of sp³-hybridized carbons (Fsp3) is 0.706. The number of aliphatic carboxylic acids is 3. The molecule has 2 amide bonds. The molecule has 0 aromatic rings. The zero-order valence-corrected chi connectivity index (χ0v) is 17.3. The number of amides is 2. The van der Waals surface area contributed by atoms with Crippen molar-refractivity contribution in [1.82, 2.24) is 31.1 Å². The second-order valence-electron chi connectivity index (χ2n) is 6.51. The summed E-state index contributed by atoms with van der Waals surface area (Å²) in [6.45, 7) is 1.69. The van der Waals surface area contributed by atoms with Crippen molar-refractivity contribution >= 4 is 30.2 Å². The van der Waals surface area contributed by atoms with Crippen LogP contribution in [0, 0.1) is 0 Å². The minimum atomic E-state index is -1.04. The van der Waals surface area contributed by atoms with Gasteiger partial charge in [0.05, 0.1) is 26.2 Å². The molecule has 0 spiro atoms. The van der Waals surface area contributed by atoms with Crippen LogP contribution >= 0.6 is 0 Å². The highest BCUT2D eigenvalue weighted by Gasteiger charge is 2.14. The van der Waals surface area contributed by atoms with Crippen LogP contribution in [-0.4, -0.2) is 134 Å². The Labute approximate surface area is 179 Å². The lowest BCUT2D eigenvalue weighted by atomic mass is 10.3. The van der Waals surface area contributed by atoms with E-state index in [1.165, 1.54) is 0 Å². The summed E-state index contributed by atoms with van der Waals surface area (Å²) in [5.74, 6) is -3.36. The molecule has 0 aliphatic rings. The summed E-state index contributed by atoms with van der Waals surface area (Å²) in [4.78, 5) is 57.5. The van der Waals surface area contributed by atoms with Crippen molar-refractivity contribution in [3.63, 3.8) is 0 Å². The first kappa shape index (κ1) is 28.2. The predicted molar refractivity (Wildman–Crippen MR) is 109 cm³/mol. The Hall–Kier alpha value is -2.81. The molecule has 0 atom stereocenters. The number of rotatable bonds is 21. The Morgan fingerprint density at radius 1 is 0.677 bits per heavy atom. The zero-order chi connectivity index (χ0) is 23.5. The van der Waals surface area contributed by atoms with Gasteiger partial charge >= 0.3 is 17.9 Å². The second-order valence-corrected chi connectivity index (χ2v) is 6.51. The lowest BCUT2D eigenvalue weighted by molar-refractivity contribution is -0.140. The van der Waals surface area contributed by atoms with Gasteiger partial charge in [-0.15, -0.1) is 0 Å². The maximum absolute atomic E-state index is 11.6. The molecule has 0 aromatic heterocycles. The molecule has 31 heavy (non-hydrogen) atoms. The normalized spacial score (nSPS) is 10.8. The molecule has 0 aromatic carbocycles. The molecule has 0 bridgehead atoms. The van der Waals surface area contributed by atoms with Gasteiger partial charge < -0.3 is 36.6 Å². The Morgan fingerprint density at radius 3 is 1.65 bits per heavy atom. The standard InChI is InChI=1S/C17H32N6O8/c24-13-20-1-2-21-14(25)9-18-3-5-22(11-16(28)29)7-8-23(12-17(30)31)6-4-19-10-15(26)27/h13,18-19H,1-12H2,(H,20,24)(H,21,25)(H,26,27)(H,28,29)(H,30,31). The number of nitrogens with zero attached hydrogens (tertiary/aromatic N) is 2. The fourth-order valence-electron chi connectivity index (χ4n) is 2.47. The van der Waals surface area contributed by atoms with Crippen LogP contribution in [-0.2, 0) is 24.0 Å². The number of carbonyl (C=O) groups is 5. The van der Waals surface area contributed by atoms with Gasteiger partial charge in [-0.1, -0.05) is 0 Å². The van der Waals surface area contributed by atoms with Crippen molar-refractivity contribution in [2.24, 2.45) is 0 Å². The van der Waals surface area contributed by atoms with E-state index in [-0.39, 0.29) is 58.3 Å². The number of hydrogen-bond donors (Lipinski definition) is 7. The van der Waals surface area contributed by atoms with Gasteiger partial charge in [-0.3, -0.25) is 33.8 Å². The summed E-state index contributed by atoms with van der Waals surface area (Å²) in [5.41, 5.74) is 0. The first-order valence-corrected chi connectivity index (χ1v) is 9.69. The van der Waals surface area contributed by atoms with E-state index in [1.807, 2.05) is 0 Å². The van der Waals surface area contributed by atoms with Crippen LogP contribution in [0.2, 0.25) is 0 Å². The highest BCUT2D eigenvalue weighted by molar-refractivity contribution is 5.78. The number of hydrogen-bond acceptors (Lipinski definition) is 9. The highest BCUT2D eigenvalue weighted by Crippen LogP contribution is 1.93. The highest BCUT2D eigenvalue weighted by atomic mass is 16.4. The molecular formula is C17H32N6O8. The van der Waals surface area contributed by atoms with Crippen molar-refractivity contribution in [2.45, 2.75) is 0 Å². The van der Waals surface area contributed by atoms with Crippen molar-refractivity contribution in [1.29, 1.82) is 0 Å². The van der Waals surface area contributed by atoms with Crippen LogP contribution in [0.1, 0.15) is 0 Å². The van der Waals surface area contributed by atoms with E-state index in [9.17, 15) is 24.0 Å². The second kappa shape index (κ2) is 18.0. The molecule has 0 saturated carbocycles. The molecule has 7 N–H and O–H groups in total. The van der Waals surface area contributed by atoms with E-state index in [0.29, 0.717) is 32.6 Å². The van der Waals surface area contributed by atoms with E-state index in [0.717, 1.165) is 0 Å². The van der Waals surface area contributed by atoms with Crippen molar-refractivity contribution in [3.8, 4) is 0 Å². The summed E-state index contributed by atoms with van der Waals surface area (Å²) in [7, 11) is 0. The minimum absolute atomic E-state index is 0.0301. The summed E-state index contributed by atoms with van der Waals surface area (Å²) in [6.07, 6.45) is 0.533. The van der Waals surface area contributed by atoms with Gasteiger partial charge in [-0.25, -0.2) is 0 Å². The van der Waals surface area contributed by atoms with E-state index in [2.05, 4.69) is 21.3 Å². The predicted octanol–water partition coefficient (Wildman–Crippen LogP) is -4.11. The van der Waals surface area contributed by atoms with E-state index < -0.39 is 17.9 Å². The van der Waals surface area contributed by atoms with Gasteiger partial charge in [0.15, 0.2) is 0 Å². The Kier molecular flexibility index (Phi) is 16.4. The van der Waals surface area contributed by atoms with Crippen molar-refractivity contribution < 1.29 is 39.3 Å². The van der Waals surface area contributed by atoms with Gasteiger partial charge in [0, 0.05) is 52.4 Å². The van der Waals surface area contributed by atoms with Gasteiger partial charge in [0.1, 0.15) is 0 Å². The van der Waals surface area contributed by atoms with E-state index in [1.54, 1.807) is 9.80 Å². The summed E-state index contributed by atoms with van der Waals surface area (Å²) in [5, 5.41) is 37.3. The molecule has 0 rings (SSSR count). The van der Waals surface area contributed by atoms with Crippen LogP contribution in [0.25, 0.3) is 0 Å². The average Bonchev–Trinajstić information content (AvgIpc) is 2.68. The monoisotopic (exact) mass is 448 g/mol. The summed E-state index contributed by atoms with van der Waals surface area (Å²) < 4.78 is 0. The Morgan fingerprint density at radius 2 is 1.19 bits per heavy atom. The van der Waals surface area contributed by atoms with Crippen LogP contribution in [0.3, 0.4) is 0 Å². The first-order valence-electron chi connectivity index (χ1n) is 9.69. The van der Waals surface area contributed by atoms with Gasteiger partial charge in [0.2, 0.25) is 12.3 Å². The fourth-order valence-corrected chi connectivity index (χ4v) is 2.47. The van der Waals surface area contributed by atoms with Crippen molar-refractivity contribution in [3.05, 3.63) is 0 Å². The molecule has 0 heterocycles. The lowest BCUT2D eigenvalue weighted by Gasteiger charge is -2.26. The quantitative estimate of drug-likeness (QED) is 0.0662. The number of carboxylic acid groups (broad SMARTS) is 3. The molecule has 178 valence electrons. The Bertz CT molecular complexity index is 577. The number of nitrogens with one attached hydrogen (secondary N) is 4. The first-order chi connectivity index (χ1) is 14.7. The topological polar surface area (TPSA) is 201 Å².